The van der Waals surface area contributed by atoms with Crippen LogP contribution in [0.25, 0.3) is 0 Å². The number of para-hydroxylation sites is 1. The highest BCUT2D eigenvalue weighted by Crippen LogP contribution is 2.10. The Morgan fingerprint density at radius 2 is 1.79 bits per heavy atom. The van der Waals surface area contributed by atoms with E-state index in [1.807, 2.05) is 37.3 Å². The van der Waals surface area contributed by atoms with Crippen molar-refractivity contribution in [3.8, 4) is 5.75 Å². The molecule has 0 unspecified atom stereocenters. The maximum absolute atomic E-state index is 12.3. The van der Waals surface area contributed by atoms with Crippen LogP contribution in [0.1, 0.15) is 16.2 Å². The van der Waals surface area contributed by atoms with Crippen LogP contribution in [-0.2, 0) is 4.79 Å². The van der Waals surface area contributed by atoms with E-state index in [4.69, 9.17) is 4.74 Å². The molecule has 7 heteroatoms. The van der Waals surface area contributed by atoms with Gasteiger partial charge in [-0.25, -0.2) is 0 Å². The number of amides is 2. The Morgan fingerprint density at radius 1 is 1.12 bits per heavy atom. The molecular weight excluding hydrogens is 308 g/mol. The van der Waals surface area contributed by atoms with Crippen molar-refractivity contribution in [2.75, 3.05) is 32.8 Å². The fourth-order valence-corrected chi connectivity index (χ4v) is 2.60. The summed E-state index contributed by atoms with van der Waals surface area (Å²) in [6.45, 7) is 3.88. The van der Waals surface area contributed by atoms with Crippen LogP contribution in [0.15, 0.2) is 36.4 Å². The molecule has 1 N–H and O–H groups in total. The van der Waals surface area contributed by atoms with Gasteiger partial charge in [0.1, 0.15) is 11.4 Å². The summed E-state index contributed by atoms with van der Waals surface area (Å²) in [5, 5.41) is 6.76. The highest BCUT2D eigenvalue weighted by molar-refractivity contribution is 5.92. The number of ether oxygens (including phenoxy) is 1. The van der Waals surface area contributed by atoms with E-state index in [2.05, 4.69) is 10.2 Å². The Morgan fingerprint density at radius 3 is 2.42 bits per heavy atom. The molecule has 7 nitrogen and oxygen atoms in total. The highest BCUT2D eigenvalue weighted by Gasteiger charge is 2.26. The van der Waals surface area contributed by atoms with Gasteiger partial charge in [0.25, 0.3) is 11.8 Å². The van der Waals surface area contributed by atoms with Crippen LogP contribution >= 0.6 is 0 Å². The zero-order chi connectivity index (χ0) is 16.9. The lowest BCUT2D eigenvalue weighted by Crippen LogP contribution is -2.51. The Bertz CT molecular complexity index is 706. The van der Waals surface area contributed by atoms with Gasteiger partial charge in [-0.2, -0.15) is 5.10 Å². The van der Waals surface area contributed by atoms with Crippen LogP contribution in [-0.4, -0.2) is 64.6 Å². The van der Waals surface area contributed by atoms with E-state index in [1.165, 1.54) is 0 Å². The molecule has 24 heavy (non-hydrogen) atoms. The molecule has 126 valence electrons. The molecule has 2 heterocycles. The number of piperazine rings is 1. The van der Waals surface area contributed by atoms with Gasteiger partial charge in [-0.05, 0) is 25.1 Å². The molecule has 1 aliphatic rings. The molecular formula is C17H20N4O3. The van der Waals surface area contributed by atoms with Crippen LogP contribution in [0.5, 0.6) is 5.75 Å². The first-order valence-corrected chi connectivity index (χ1v) is 7.90. The number of nitrogens with one attached hydrogen (secondary N) is 1. The number of H-pyrrole nitrogens is 1. The van der Waals surface area contributed by atoms with Crippen LogP contribution < -0.4 is 4.74 Å². The predicted octanol–water partition coefficient (Wildman–Crippen LogP) is 1.08. The third-order valence-corrected chi connectivity index (χ3v) is 3.95. The summed E-state index contributed by atoms with van der Waals surface area (Å²) >= 11 is 0. The molecule has 1 aliphatic heterocycles. The van der Waals surface area contributed by atoms with Crippen LogP contribution in [0.3, 0.4) is 0 Å². The van der Waals surface area contributed by atoms with Gasteiger partial charge in [0.2, 0.25) is 0 Å². The molecule has 0 aliphatic carbocycles. The monoisotopic (exact) mass is 328 g/mol. The molecule has 1 fully saturated rings. The minimum absolute atomic E-state index is 0.0104. The minimum Gasteiger partial charge on any atom is -0.484 e. The van der Waals surface area contributed by atoms with E-state index in [9.17, 15) is 9.59 Å². The first kappa shape index (κ1) is 16.0. The van der Waals surface area contributed by atoms with E-state index < -0.39 is 0 Å². The standard InChI is InChI=1S/C17H20N4O3/c1-13-11-15(19-18-13)17(23)21-9-7-20(8-10-21)16(22)12-24-14-5-3-2-4-6-14/h2-6,11H,7-10,12H2,1H3,(H,18,19). The lowest BCUT2D eigenvalue weighted by atomic mass is 10.2. The topological polar surface area (TPSA) is 78.5 Å². The third-order valence-electron chi connectivity index (χ3n) is 3.95. The van der Waals surface area contributed by atoms with Crippen LogP contribution in [0.2, 0.25) is 0 Å². The van der Waals surface area contributed by atoms with E-state index in [-0.39, 0.29) is 18.4 Å². The lowest BCUT2D eigenvalue weighted by Gasteiger charge is -2.34. The molecule has 0 saturated carbocycles. The number of aryl methyl sites for hydroxylation is 1. The molecule has 0 atom stereocenters. The van der Waals surface area contributed by atoms with Gasteiger partial charge in [-0.3, -0.25) is 14.7 Å². The van der Waals surface area contributed by atoms with Crippen LogP contribution in [0, 0.1) is 6.92 Å². The summed E-state index contributed by atoms with van der Waals surface area (Å²) in [5.74, 6) is 0.502. The van der Waals surface area contributed by atoms with Crippen molar-refractivity contribution >= 4 is 11.8 Å². The fraction of sp³-hybridized carbons (Fsp3) is 0.353. The van der Waals surface area contributed by atoms with Gasteiger partial charge in [0, 0.05) is 31.9 Å². The molecule has 1 aromatic heterocycles. The molecule has 0 spiro atoms. The third kappa shape index (κ3) is 3.73. The Kier molecular flexibility index (Phi) is 4.79. The second-order valence-electron chi connectivity index (χ2n) is 5.71. The SMILES string of the molecule is Cc1cc(C(=O)N2CCN(C(=O)COc3ccccc3)CC2)n[nH]1. The van der Waals surface area contributed by atoms with Gasteiger partial charge in [0.05, 0.1) is 0 Å². The number of aromatic amines is 1. The summed E-state index contributed by atoms with van der Waals surface area (Å²) in [4.78, 5) is 28.0. The number of benzene rings is 1. The van der Waals surface area contributed by atoms with Gasteiger partial charge < -0.3 is 14.5 Å². The van der Waals surface area contributed by atoms with Gasteiger partial charge in [-0.1, -0.05) is 18.2 Å². The Labute approximate surface area is 140 Å². The maximum Gasteiger partial charge on any atom is 0.274 e. The van der Waals surface area contributed by atoms with E-state index >= 15 is 0 Å². The van der Waals surface area contributed by atoms with E-state index in [1.54, 1.807) is 15.9 Å². The van der Waals surface area contributed by atoms with Gasteiger partial charge >= 0.3 is 0 Å². The molecule has 0 radical (unpaired) electrons. The summed E-state index contributed by atoms with van der Waals surface area (Å²) in [5.41, 5.74) is 1.27. The average Bonchev–Trinajstić information content (AvgIpc) is 3.06. The smallest absolute Gasteiger partial charge is 0.274 e. The number of carbonyl (C=O) groups is 2. The number of hydrogen-bond acceptors (Lipinski definition) is 4. The average molecular weight is 328 g/mol. The van der Waals surface area contributed by atoms with Crippen molar-refractivity contribution in [2.24, 2.45) is 0 Å². The largest absolute Gasteiger partial charge is 0.484 e. The summed E-state index contributed by atoms with van der Waals surface area (Å²) < 4.78 is 5.48. The molecule has 1 saturated heterocycles. The maximum atomic E-state index is 12.3. The molecule has 0 bridgehead atoms. The lowest BCUT2D eigenvalue weighted by molar-refractivity contribution is -0.134. The van der Waals surface area contributed by atoms with Crippen molar-refractivity contribution < 1.29 is 14.3 Å². The molecule has 2 aromatic rings. The first-order chi connectivity index (χ1) is 11.6. The van der Waals surface area contributed by atoms with Crippen molar-refractivity contribution in [1.29, 1.82) is 0 Å². The second-order valence-corrected chi connectivity index (χ2v) is 5.71. The fourth-order valence-electron chi connectivity index (χ4n) is 2.60. The molecule has 3 rings (SSSR count). The number of carbonyl (C=O) groups excluding carboxylic acids is 2. The van der Waals surface area contributed by atoms with Gasteiger partial charge in [-0.15, -0.1) is 0 Å². The number of rotatable bonds is 4. The molecule has 1 aromatic carbocycles. The van der Waals surface area contributed by atoms with Crippen molar-refractivity contribution in [1.82, 2.24) is 20.0 Å². The van der Waals surface area contributed by atoms with E-state index in [0.717, 1.165) is 5.69 Å². The van der Waals surface area contributed by atoms with Crippen molar-refractivity contribution in [3.63, 3.8) is 0 Å². The number of nitrogens with zero attached hydrogens (tertiary/aromatic N) is 3. The molecule has 2 amide bonds. The minimum atomic E-state index is -0.105. The van der Waals surface area contributed by atoms with Gasteiger partial charge in [0.15, 0.2) is 6.61 Å². The number of hydrogen-bond donors (Lipinski definition) is 1. The predicted molar refractivity (Wildman–Crippen MR) is 87.7 cm³/mol. The quantitative estimate of drug-likeness (QED) is 0.911. The highest BCUT2D eigenvalue weighted by atomic mass is 16.5. The van der Waals surface area contributed by atoms with Crippen molar-refractivity contribution in [3.05, 3.63) is 47.8 Å². The first-order valence-electron chi connectivity index (χ1n) is 7.90. The summed E-state index contributed by atoms with van der Waals surface area (Å²) in [6.07, 6.45) is 0. The Balaban J connectivity index is 1.47. The Hall–Kier alpha value is -2.83. The summed E-state index contributed by atoms with van der Waals surface area (Å²) in [6, 6.07) is 11.0. The van der Waals surface area contributed by atoms with Crippen LogP contribution in [0.4, 0.5) is 0 Å². The zero-order valence-electron chi connectivity index (χ0n) is 13.6. The number of aromatic nitrogens is 2. The summed E-state index contributed by atoms with van der Waals surface area (Å²) in [7, 11) is 0. The normalized spacial score (nSPS) is 14.5. The second kappa shape index (κ2) is 7.16. The van der Waals surface area contributed by atoms with Crippen molar-refractivity contribution in [2.45, 2.75) is 6.92 Å². The zero-order valence-corrected chi connectivity index (χ0v) is 13.6. The van der Waals surface area contributed by atoms with E-state index in [0.29, 0.717) is 37.6 Å².